The molecule has 1 heterocycles. The first kappa shape index (κ1) is 19.2. The van der Waals surface area contributed by atoms with E-state index in [0.29, 0.717) is 18.0 Å². The van der Waals surface area contributed by atoms with E-state index < -0.39 is 4.92 Å². The van der Waals surface area contributed by atoms with E-state index in [9.17, 15) is 15.2 Å². The van der Waals surface area contributed by atoms with Gasteiger partial charge in [-0.3, -0.25) is 10.1 Å². The van der Waals surface area contributed by atoms with Crippen LogP contribution < -0.4 is 9.64 Å². The van der Waals surface area contributed by atoms with Crippen molar-refractivity contribution in [2.24, 2.45) is 10.2 Å². The second kappa shape index (κ2) is 8.80. The van der Waals surface area contributed by atoms with Gasteiger partial charge in [0.25, 0.3) is 5.69 Å². The van der Waals surface area contributed by atoms with Crippen LogP contribution in [0.1, 0.15) is 20.8 Å². The number of fused-ring (bicyclic) bond motifs is 1. The number of azo groups is 1. The highest BCUT2D eigenvalue weighted by atomic mass is 16.6. The predicted molar refractivity (Wildman–Crippen MR) is 100 cm³/mol. The Kier molecular flexibility index (Phi) is 6.48. The van der Waals surface area contributed by atoms with E-state index >= 15 is 0 Å². The monoisotopic (exact) mass is 358 g/mol. The molecule has 0 spiro atoms. The summed E-state index contributed by atoms with van der Waals surface area (Å²) < 4.78 is 5.62. The van der Waals surface area contributed by atoms with Crippen LogP contribution in [-0.2, 0) is 0 Å². The van der Waals surface area contributed by atoms with Crippen molar-refractivity contribution >= 4 is 22.7 Å². The molecule has 3 rings (SSSR count). The summed E-state index contributed by atoms with van der Waals surface area (Å²) in [5.41, 5.74) is 1.55. The minimum atomic E-state index is -0.479. The van der Waals surface area contributed by atoms with Crippen LogP contribution in [0.3, 0.4) is 0 Å². The van der Waals surface area contributed by atoms with Crippen molar-refractivity contribution in [1.29, 1.82) is 0 Å². The van der Waals surface area contributed by atoms with Crippen LogP contribution in [0, 0.1) is 10.1 Å². The molecule has 0 aliphatic carbocycles. The number of nitrogens with zero attached hydrogens (tertiary/aromatic N) is 4. The van der Waals surface area contributed by atoms with Gasteiger partial charge in [0.1, 0.15) is 23.8 Å². The van der Waals surface area contributed by atoms with Crippen molar-refractivity contribution in [2.45, 2.75) is 20.8 Å². The van der Waals surface area contributed by atoms with Gasteiger partial charge in [0.2, 0.25) is 0 Å². The molecule has 0 aromatic heterocycles. The third-order valence-corrected chi connectivity index (χ3v) is 3.73. The van der Waals surface area contributed by atoms with Gasteiger partial charge in [-0.15, -0.1) is 5.11 Å². The van der Waals surface area contributed by atoms with E-state index in [-0.39, 0.29) is 17.1 Å². The van der Waals surface area contributed by atoms with Gasteiger partial charge in [-0.1, -0.05) is 13.8 Å². The van der Waals surface area contributed by atoms with Gasteiger partial charge in [-0.05, 0) is 19.1 Å². The number of hydrogen-bond donors (Lipinski definition) is 1. The van der Waals surface area contributed by atoms with Gasteiger partial charge in [0.05, 0.1) is 22.8 Å². The molecule has 8 nitrogen and oxygen atoms in total. The third-order valence-electron chi connectivity index (χ3n) is 3.73. The number of aromatic hydroxyl groups is 1. The molecule has 2 aromatic rings. The number of phenolic OH excluding ortho intramolecular Hbond substituents is 1. The molecule has 0 bridgehead atoms. The second-order valence-electron chi connectivity index (χ2n) is 5.21. The SMILES string of the molecule is CC.CCN1CCOc2cc(N=Nc3ccc([N+](=O)[O-])cc3)c(O)cc21. The van der Waals surface area contributed by atoms with Crippen molar-refractivity contribution in [1.82, 2.24) is 0 Å². The summed E-state index contributed by atoms with van der Waals surface area (Å²) in [4.78, 5) is 12.3. The maximum atomic E-state index is 10.6. The standard InChI is InChI=1S/C16H16N4O4.C2H6/c1-2-19-7-8-24-16-9-13(15(21)10-14(16)19)18-17-11-3-5-12(6-4-11)20(22)23;1-2/h3-6,9-10,21H,2,7-8H2,1H3;1-2H3. The van der Waals surface area contributed by atoms with Gasteiger partial charge in [-0.25, -0.2) is 0 Å². The molecular formula is C18H22N4O4. The summed E-state index contributed by atoms with van der Waals surface area (Å²) in [6.07, 6.45) is 0. The van der Waals surface area contributed by atoms with Crippen molar-refractivity contribution in [3.8, 4) is 11.5 Å². The number of hydrogen-bond acceptors (Lipinski definition) is 7. The van der Waals surface area contributed by atoms with Crippen LogP contribution in [0.5, 0.6) is 11.5 Å². The lowest BCUT2D eigenvalue weighted by Crippen LogP contribution is -2.32. The predicted octanol–water partition coefficient (Wildman–Crippen LogP) is 4.96. The molecule has 138 valence electrons. The number of ether oxygens (including phenoxy) is 1. The normalized spacial score (nSPS) is 12.8. The van der Waals surface area contributed by atoms with Crippen LogP contribution in [-0.4, -0.2) is 29.7 Å². The second-order valence-corrected chi connectivity index (χ2v) is 5.21. The lowest BCUT2D eigenvalue weighted by Gasteiger charge is -2.30. The van der Waals surface area contributed by atoms with Crippen molar-refractivity contribution in [3.63, 3.8) is 0 Å². The molecule has 0 radical (unpaired) electrons. The number of anilines is 1. The van der Waals surface area contributed by atoms with Crippen molar-refractivity contribution < 1.29 is 14.8 Å². The molecule has 0 saturated heterocycles. The maximum absolute atomic E-state index is 10.6. The van der Waals surface area contributed by atoms with E-state index in [1.54, 1.807) is 12.1 Å². The van der Waals surface area contributed by atoms with Crippen molar-refractivity contribution in [2.75, 3.05) is 24.6 Å². The Balaban J connectivity index is 0.00000117. The van der Waals surface area contributed by atoms with E-state index in [0.717, 1.165) is 18.8 Å². The summed E-state index contributed by atoms with van der Waals surface area (Å²) in [6.45, 7) is 8.20. The van der Waals surface area contributed by atoms with E-state index in [4.69, 9.17) is 4.74 Å². The Morgan fingerprint density at radius 2 is 1.92 bits per heavy atom. The number of phenols is 1. The molecule has 0 unspecified atom stereocenters. The quantitative estimate of drug-likeness (QED) is 0.473. The van der Waals surface area contributed by atoms with E-state index in [2.05, 4.69) is 15.1 Å². The minimum Gasteiger partial charge on any atom is -0.506 e. The number of nitro benzene ring substituents is 1. The van der Waals surface area contributed by atoms with Gasteiger partial charge >= 0.3 is 0 Å². The molecule has 2 aromatic carbocycles. The molecule has 0 atom stereocenters. The largest absolute Gasteiger partial charge is 0.506 e. The first-order valence-electron chi connectivity index (χ1n) is 8.49. The fraction of sp³-hybridized carbons (Fsp3) is 0.333. The van der Waals surface area contributed by atoms with Gasteiger partial charge < -0.3 is 14.7 Å². The Bertz CT molecular complexity index is 791. The fourth-order valence-electron chi connectivity index (χ4n) is 2.46. The first-order chi connectivity index (χ1) is 12.6. The van der Waals surface area contributed by atoms with Gasteiger partial charge in [0.15, 0.2) is 0 Å². The molecule has 8 heteroatoms. The lowest BCUT2D eigenvalue weighted by atomic mass is 10.2. The fourth-order valence-corrected chi connectivity index (χ4v) is 2.46. The molecule has 1 aliphatic rings. The van der Waals surface area contributed by atoms with Crippen LogP contribution in [0.2, 0.25) is 0 Å². The van der Waals surface area contributed by atoms with E-state index in [1.165, 1.54) is 24.3 Å². The highest BCUT2D eigenvalue weighted by Gasteiger charge is 2.19. The number of nitro groups is 1. The molecule has 0 fully saturated rings. The molecule has 26 heavy (non-hydrogen) atoms. The molecular weight excluding hydrogens is 336 g/mol. The lowest BCUT2D eigenvalue weighted by molar-refractivity contribution is -0.384. The maximum Gasteiger partial charge on any atom is 0.269 e. The van der Waals surface area contributed by atoms with Crippen LogP contribution in [0.4, 0.5) is 22.7 Å². The Morgan fingerprint density at radius 1 is 1.23 bits per heavy atom. The molecule has 0 amide bonds. The third kappa shape index (κ3) is 4.27. The topological polar surface area (TPSA) is 101 Å². The zero-order chi connectivity index (χ0) is 19.1. The van der Waals surface area contributed by atoms with Crippen LogP contribution in [0.25, 0.3) is 0 Å². The molecule has 0 saturated carbocycles. The Morgan fingerprint density at radius 3 is 2.54 bits per heavy atom. The summed E-state index contributed by atoms with van der Waals surface area (Å²) in [5, 5.41) is 28.8. The van der Waals surface area contributed by atoms with E-state index in [1.807, 2.05) is 20.8 Å². The number of likely N-dealkylation sites (N-methyl/N-ethyl adjacent to an activating group) is 1. The molecule has 1 aliphatic heterocycles. The zero-order valence-electron chi connectivity index (χ0n) is 15.0. The highest BCUT2D eigenvalue weighted by molar-refractivity contribution is 5.70. The van der Waals surface area contributed by atoms with Gasteiger partial charge in [0, 0.05) is 30.8 Å². The highest BCUT2D eigenvalue weighted by Crippen LogP contribution is 2.41. The van der Waals surface area contributed by atoms with Crippen molar-refractivity contribution in [3.05, 3.63) is 46.5 Å². The average molecular weight is 358 g/mol. The summed E-state index contributed by atoms with van der Waals surface area (Å²) in [7, 11) is 0. The Hall–Kier alpha value is -3.16. The van der Waals surface area contributed by atoms with Gasteiger partial charge in [-0.2, -0.15) is 5.11 Å². The summed E-state index contributed by atoms with van der Waals surface area (Å²) >= 11 is 0. The number of non-ortho nitro benzene ring substituents is 1. The summed E-state index contributed by atoms with van der Waals surface area (Å²) in [5.74, 6) is 0.655. The first-order valence-corrected chi connectivity index (χ1v) is 8.49. The van der Waals surface area contributed by atoms with Crippen LogP contribution in [0.15, 0.2) is 46.6 Å². The molecule has 1 N–H and O–H groups in total. The average Bonchev–Trinajstić information content (AvgIpc) is 2.67. The summed E-state index contributed by atoms with van der Waals surface area (Å²) in [6, 6.07) is 8.94. The number of rotatable bonds is 4. The zero-order valence-corrected chi connectivity index (χ0v) is 15.0. The van der Waals surface area contributed by atoms with Crippen LogP contribution >= 0.6 is 0 Å². The smallest absolute Gasteiger partial charge is 0.269 e. The Labute approximate surface area is 151 Å². The number of benzene rings is 2. The minimum absolute atomic E-state index is 0.00311.